The van der Waals surface area contributed by atoms with E-state index in [4.69, 9.17) is 5.73 Å². The van der Waals surface area contributed by atoms with Crippen molar-refractivity contribution >= 4 is 40.4 Å². The Morgan fingerprint density at radius 3 is 2.27 bits per heavy atom. The van der Waals surface area contributed by atoms with Gasteiger partial charge in [-0.05, 0) is 42.5 Å². The van der Waals surface area contributed by atoms with Gasteiger partial charge in [0.15, 0.2) is 0 Å². The Bertz CT molecular complexity index is 1220. The summed E-state index contributed by atoms with van der Waals surface area (Å²) in [4.78, 5) is 8.93. The summed E-state index contributed by atoms with van der Waals surface area (Å²) in [7, 11) is 0. The van der Waals surface area contributed by atoms with Gasteiger partial charge in [0.25, 0.3) is 0 Å². The third-order valence-corrected chi connectivity index (χ3v) is 4.41. The Balaban J connectivity index is 0.00000168. The molecule has 0 aliphatic carbocycles. The number of nitrogen functional groups attached to an aromatic ring is 1. The average Bonchev–Trinajstić information content (AvgIpc) is 3.22. The van der Waals surface area contributed by atoms with Crippen molar-refractivity contribution in [2.75, 3.05) is 5.73 Å². The SMILES string of the molecule is Cl.Nc1nc2ccccc2n1-c1cccc(-n2cnc3ccccc32)c1. The number of hydrogen-bond donors (Lipinski definition) is 1. The molecule has 128 valence electrons. The van der Waals surface area contributed by atoms with Crippen molar-refractivity contribution in [1.29, 1.82) is 0 Å². The molecule has 0 bridgehead atoms. The van der Waals surface area contributed by atoms with Gasteiger partial charge in [-0.2, -0.15) is 0 Å². The van der Waals surface area contributed by atoms with Crippen LogP contribution < -0.4 is 5.73 Å². The number of anilines is 1. The Labute approximate surface area is 156 Å². The van der Waals surface area contributed by atoms with Gasteiger partial charge in [-0.15, -0.1) is 12.4 Å². The van der Waals surface area contributed by atoms with Gasteiger partial charge in [0.05, 0.1) is 27.8 Å². The van der Waals surface area contributed by atoms with Crippen LogP contribution in [-0.2, 0) is 0 Å². The second kappa shape index (κ2) is 6.20. The van der Waals surface area contributed by atoms with Crippen LogP contribution in [0, 0.1) is 0 Å². The Morgan fingerprint density at radius 2 is 1.42 bits per heavy atom. The molecule has 26 heavy (non-hydrogen) atoms. The first-order valence-corrected chi connectivity index (χ1v) is 8.07. The minimum absolute atomic E-state index is 0. The summed E-state index contributed by atoms with van der Waals surface area (Å²) in [5.74, 6) is 0.480. The Hall–Kier alpha value is -3.31. The molecule has 5 aromatic rings. The fraction of sp³-hybridized carbons (Fsp3) is 0. The molecule has 0 aliphatic rings. The molecule has 2 N–H and O–H groups in total. The topological polar surface area (TPSA) is 61.7 Å². The van der Waals surface area contributed by atoms with E-state index in [9.17, 15) is 0 Å². The van der Waals surface area contributed by atoms with Crippen molar-refractivity contribution < 1.29 is 0 Å². The third kappa shape index (κ3) is 2.41. The van der Waals surface area contributed by atoms with Gasteiger partial charge in [-0.1, -0.05) is 30.3 Å². The zero-order chi connectivity index (χ0) is 16.8. The van der Waals surface area contributed by atoms with E-state index < -0.39 is 0 Å². The molecule has 5 nitrogen and oxygen atoms in total. The zero-order valence-corrected chi connectivity index (χ0v) is 14.6. The number of aromatic nitrogens is 4. The third-order valence-electron chi connectivity index (χ3n) is 4.41. The van der Waals surface area contributed by atoms with Crippen molar-refractivity contribution in [2.24, 2.45) is 0 Å². The number of para-hydroxylation sites is 4. The predicted octanol–water partition coefficient (Wildman–Crippen LogP) is 4.37. The number of nitrogens with zero attached hydrogens (tertiary/aromatic N) is 4. The highest BCUT2D eigenvalue weighted by Gasteiger charge is 2.11. The lowest BCUT2D eigenvalue weighted by Crippen LogP contribution is -2.02. The van der Waals surface area contributed by atoms with E-state index in [1.165, 1.54) is 0 Å². The minimum atomic E-state index is 0. The molecular formula is C20H16ClN5. The van der Waals surface area contributed by atoms with E-state index in [1.807, 2.05) is 65.5 Å². The van der Waals surface area contributed by atoms with Crippen LogP contribution in [0.15, 0.2) is 79.1 Å². The fourth-order valence-electron chi connectivity index (χ4n) is 3.26. The molecule has 0 saturated heterocycles. The predicted molar refractivity (Wildman–Crippen MR) is 107 cm³/mol. The van der Waals surface area contributed by atoms with Crippen LogP contribution in [0.5, 0.6) is 0 Å². The molecule has 0 amide bonds. The van der Waals surface area contributed by atoms with Gasteiger partial charge in [0.2, 0.25) is 5.95 Å². The molecule has 0 atom stereocenters. The summed E-state index contributed by atoms with van der Waals surface area (Å²) in [6.07, 6.45) is 1.85. The van der Waals surface area contributed by atoms with Crippen molar-refractivity contribution in [3.63, 3.8) is 0 Å². The number of imidazole rings is 2. The quantitative estimate of drug-likeness (QED) is 0.508. The Kier molecular flexibility index (Phi) is 3.86. The molecule has 0 saturated carbocycles. The van der Waals surface area contributed by atoms with Crippen LogP contribution in [0.2, 0.25) is 0 Å². The van der Waals surface area contributed by atoms with E-state index in [0.29, 0.717) is 5.95 Å². The lowest BCUT2D eigenvalue weighted by molar-refractivity contribution is 1.06. The maximum absolute atomic E-state index is 6.18. The summed E-state index contributed by atoms with van der Waals surface area (Å²) in [5.41, 5.74) is 12.1. The standard InChI is InChI=1S/C20H15N5.ClH/c21-20-23-17-9-2-4-11-19(17)25(20)15-7-5-6-14(12-15)24-13-22-16-8-1-3-10-18(16)24;/h1-13H,(H2,21,23);1H. The molecule has 2 heterocycles. The van der Waals surface area contributed by atoms with E-state index in [2.05, 4.69) is 32.7 Å². The number of nitrogens with two attached hydrogens (primary N) is 1. The van der Waals surface area contributed by atoms with Crippen LogP contribution in [0.1, 0.15) is 0 Å². The van der Waals surface area contributed by atoms with Crippen LogP contribution >= 0.6 is 12.4 Å². The molecular weight excluding hydrogens is 346 g/mol. The van der Waals surface area contributed by atoms with Crippen LogP contribution in [0.4, 0.5) is 5.95 Å². The molecule has 0 spiro atoms. The van der Waals surface area contributed by atoms with Crippen LogP contribution in [0.25, 0.3) is 33.4 Å². The number of benzene rings is 3. The first-order valence-electron chi connectivity index (χ1n) is 8.07. The van der Waals surface area contributed by atoms with Gasteiger partial charge in [-0.3, -0.25) is 9.13 Å². The number of fused-ring (bicyclic) bond motifs is 2. The number of rotatable bonds is 2. The van der Waals surface area contributed by atoms with Gasteiger partial charge in [0.1, 0.15) is 6.33 Å². The monoisotopic (exact) mass is 361 g/mol. The number of halogens is 1. The van der Waals surface area contributed by atoms with E-state index >= 15 is 0 Å². The summed E-state index contributed by atoms with van der Waals surface area (Å²) in [5, 5.41) is 0. The molecule has 5 rings (SSSR count). The first kappa shape index (κ1) is 16.2. The van der Waals surface area contributed by atoms with Crippen molar-refractivity contribution in [3.8, 4) is 11.4 Å². The zero-order valence-electron chi connectivity index (χ0n) is 13.8. The highest BCUT2D eigenvalue weighted by atomic mass is 35.5. The molecule has 0 unspecified atom stereocenters. The maximum Gasteiger partial charge on any atom is 0.205 e. The van der Waals surface area contributed by atoms with Crippen molar-refractivity contribution in [2.45, 2.75) is 0 Å². The summed E-state index contributed by atoms with van der Waals surface area (Å²) in [6, 6.07) is 24.3. The molecule has 0 aliphatic heterocycles. The van der Waals surface area contributed by atoms with Crippen molar-refractivity contribution in [3.05, 3.63) is 79.1 Å². The molecule has 0 fully saturated rings. The molecule has 3 aromatic carbocycles. The summed E-state index contributed by atoms with van der Waals surface area (Å²) < 4.78 is 4.05. The Morgan fingerprint density at radius 1 is 0.731 bits per heavy atom. The smallest absolute Gasteiger partial charge is 0.205 e. The normalized spacial score (nSPS) is 10.9. The first-order chi connectivity index (χ1) is 12.3. The maximum atomic E-state index is 6.18. The van der Waals surface area contributed by atoms with Crippen LogP contribution in [0.3, 0.4) is 0 Å². The van der Waals surface area contributed by atoms with Crippen molar-refractivity contribution in [1.82, 2.24) is 19.1 Å². The lowest BCUT2D eigenvalue weighted by atomic mass is 10.2. The van der Waals surface area contributed by atoms with Gasteiger partial charge >= 0.3 is 0 Å². The van der Waals surface area contributed by atoms with E-state index in [1.54, 1.807) is 0 Å². The lowest BCUT2D eigenvalue weighted by Gasteiger charge is -2.10. The average molecular weight is 362 g/mol. The molecule has 6 heteroatoms. The second-order valence-electron chi connectivity index (χ2n) is 5.92. The fourth-order valence-corrected chi connectivity index (χ4v) is 3.26. The van der Waals surface area contributed by atoms with E-state index in [0.717, 1.165) is 33.4 Å². The van der Waals surface area contributed by atoms with Gasteiger partial charge < -0.3 is 5.73 Å². The highest BCUT2D eigenvalue weighted by Crippen LogP contribution is 2.25. The number of hydrogen-bond acceptors (Lipinski definition) is 3. The molecule has 0 radical (unpaired) electrons. The van der Waals surface area contributed by atoms with Gasteiger partial charge in [-0.25, -0.2) is 9.97 Å². The van der Waals surface area contributed by atoms with Crippen LogP contribution in [-0.4, -0.2) is 19.1 Å². The minimum Gasteiger partial charge on any atom is -0.369 e. The summed E-state index contributed by atoms with van der Waals surface area (Å²) >= 11 is 0. The highest BCUT2D eigenvalue weighted by molar-refractivity contribution is 5.85. The largest absolute Gasteiger partial charge is 0.369 e. The summed E-state index contributed by atoms with van der Waals surface area (Å²) in [6.45, 7) is 0. The second-order valence-corrected chi connectivity index (χ2v) is 5.92. The van der Waals surface area contributed by atoms with Gasteiger partial charge in [0, 0.05) is 5.69 Å². The molecule has 2 aromatic heterocycles. The van der Waals surface area contributed by atoms with E-state index in [-0.39, 0.29) is 12.4 Å².